The van der Waals surface area contributed by atoms with Gasteiger partial charge in [-0.3, -0.25) is 0 Å². The lowest BCUT2D eigenvalue weighted by Gasteiger charge is -2.16. The first-order valence-electron chi connectivity index (χ1n) is 6.48. The van der Waals surface area contributed by atoms with E-state index in [1.807, 2.05) is 0 Å². The lowest BCUT2D eigenvalue weighted by Crippen LogP contribution is -2.26. The van der Waals surface area contributed by atoms with Gasteiger partial charge in [-0.25, -0.2) is 13.2 Å². The minimum absolute atomic E-state index is 0.192. The van der Waals surface area contributed by atoms with Crippen LogP contribution in [0.4, 0.5) is 11.4 Å². The van der Waals surface area contributed by atoms with Gasteiger partial charge in [0.1, 0.15) is 0 Å². The average molecular weight is 333 g/mol. The molecule has 1 unspecified atom stereocenters. The maximum absolute atomic E-state index is 11.8. The van der Waals surface area contributed by atoms with Gasteiger partial charge >= 0.3 is 5.97 Å². The molecule has 6 nitrogen and oxygen atoms in total. The quantitative estimate of drug-likeness (QED) is 0.643. The second kappa shape index (κ2) is 6.11. The number of rotatable bonds is 4. The average Bonchev–Trinajstić information content (AvgIpc) is 2.75. The molecule has 0 aliphatic carbocycles. The lowest BCUT2D eigenvalue weighted by atomic mass is 10.1. The minimum atomic E-state index is -3.06. The highest BCUT2D eigenvalue weighted by molar-refractivity contribution is 7.92. The number of ether oxygens (including phenoxy) is 1. The van der Waals surface area contributed by atoms with Crippen LogP contribution in [0.2, 0.25) is 5.02 Å². The number of halogens is 1. The number of nitrogens with two attached hydrogens (primary N) is 1. The second-order valence-corrected chi connectivity index (χ2v) is 7.74. The zero-order valence-corrected chi connectivity index (χ0v) is 13.1. The molecule has 116 valence electrons. The number of nitrogens with one attached hydrogen (secondary N) is 1. The first-order valence-corrected chi connectivity index (χ1v) is 8.57. The van der Waals surface area contributed by atoms with Gasteiger partial charge in [0.05, 0.1) is 34.4 Å². The summed E-state index contributed by atoms with van der Waals surface area (Å²) in [6, 6.07) is 2.95. The predicted molar refractivity (Wildman–Crippen MR) is 82.5 cm³/mol. The van der Waals surface area contributed by atoms with Gasteiger partial charge in [0.2, 0.25) is 0 Å². The van der Waals surface area contributed by atoms with Crippen molar-refractivity contribution >= 4 is 38.8 Å². The third-order valence-corrected chi connectivity index (χ3v) is 6.06. The van der Waals surface area contributed by atoms with E-state index in [1.54, 1.807) is 0 Å². The summed E-state index contributed by atoms with van der Waals surface area (Å²) in [7, 11) is -1.81. The zero-order valence-electron chi connectivity index (χ0n) is 11.6. The molecule has 1 saturated heterocycles. The van der Waals surface area contributed by atoms with Crippen molar-refractivity contribution in [2.75, 3.05) is 30.5 Å². The van der Waals surface area contributed by atoms with Crippen molar-refractivity contribution in [2.24, 2.45) is 0 Å². The van der Waals surface area contributed by atoms with Crippen molar-refractivity contribution in [3.05, 3.63) is 22.7 Å². The number of sulfone groups is 1. The summed E-state index contributed by atoms with van der Waals surface area (Å²) in [4.78, 5) is 11.8. The van der Waals surface area contributed by atoms with Crippen molar-refractivity contribution in [3.63, 3.8) is 0 Å². The van der Waals surface area contributed by atoms with Crippen LogP contribution in [-0.4, -0.2) is 39.0 Å². The number of esters is 1. The van der Waals surface area contributed by atoms with E-state index in [9.17, 15) is 13.2 Å². The maximum Gasteiger partial charge on any atom is 0.340 e. The number of carbonyl (C=O) groups is 1. The Morgan fingerprint density at radius 2 is 2.24 bits per heavy atom. The fourth-order valence-corrected chi connectivity index (χ4v) is 4.44. The molecule has 0 saturated carbocycles. The van der Waals surface area contributed by atoms with Gasteiger partial charge in [-0.2, -0.15) is 0 Å². The van der Waals surface area contributed by atoms with Crippen molar-refractivity contribution in [2.45, 2.75) is 18.1 Å². The number of carbonyl (C=O) groups excluding carboxylic acids is 1. The highest BCUT2D eigenvalue weighted by Crippen LogP contribution is 2.30. The van der Waals surface area contributed by atoms with Gasteiger partial charge in [-0.15, -0.1) is 0 Å². The molecule has 0 amide bonds. The summed E-state index contributed by atoms with van der Waals surface area (Å²) >= 11 is 6.09. The Morgan fingerprint density at radius 1 is 1.52 bits per heavy atom. The third-order valence-electron chi connectivity index (χ3n) is 3.49. The van der Waals surface area contributed by atoms with E-state index in [4.69, 9.17) is 17.3 Å². The van der Waals surface area contributed by atoms with Crippen LogP contribution in [-0.2, 0) is 14.6 Å². The topological polar surface area (TPSA) is 98.5 Å². The Bertz CT molecular complexity index is 660. The van der Waals surface area contributed by atoms with Crippen molar-refractivity contribution in [1.29, 1.82) is 0 Å². The smallest absolute Gasteiger partial charge is 0.340 e. The van der Waals surface area contributed by atoms with Gasteiger partial charge in [0.15, 0.2) is 9.84 Å². The van der Waals surface area contributed by atoms with Gasteiger partial charge in [0, 0.05) is 12.2 Å². The first-order chi connectivity index (χ1) is 9.85. The van der Waals surface area contributed by atoms with E-state index in [0.717, 1.165) is 0 Å². The second-order valence-electron chi connectivity index (χ2n) is 4.93. The van der Waals surface area contributed by atoms with Crippen LogP contribution in [0.25, 0.3) is 0 Å². The van der Waals surface area contributed by atoms with E-state index in [0.29, 0.717) is 24.2 Å². The molecule has 0 bridgehead atoms. The minimum Gasteiger partial charge on any atom is -0.465 e. The number of hydrogen-bond acceptors (Lipinski definition) is 6. The third kappa shape index (κ3) is 3.41. The highest BCUT2D eigenvalue weighted by Gasteiger charge is 2.31. The molecule has 0 spiro atoms. The van der Waals surface area contributed by atoms with Crippen molar-refractivity contribution in [3.8, 4) is 0 Å². The Balaban J connectivity index is 2.25. The monoisotopic (exact) mass is 332 g/mol. The summed E-state index contributed by atoms with van der Waals surface area (Å²) < 4.78 is 28.3. The van der Waals surface area contributed by atoms with Crippen LogP contribution in [0.3, 0.4) is 0 Å². The van der Waals surface area contributed by atoms with E-state index >= 15 is 0 Å². The summed E-state index contributed by atoms with van der Waals surface area (Å²) in [5, 5.41) is 2.75. The first kappa shape index (κ1) is 15.9. The fourth-order valence-electron chi connectivity index (χ4n) is 2.38. The summed E-state index contributed by atoms with van der Waals surface area (Å²) in [5.74, 6) is -0.375. The standard InChI is InChI=1S/C13H17ClN2O4S/c1-20-13(17)10-5-8(15)6-11(14)12(10)16-7-9-3-2-4-21(9,18)19/h5-6,9,16H,2-4,7,15H2,1H3. The molecule has 8 heteroatoms. The molecular weight excluding hydrogens is 316 g/mol. The van der Waals surface area contributed by atoms with Gasteiger partial charge in [-0.05, 0) is 25.0 Å². The van der Waals surface area contributed by atoms with E-state index in [-0.39, 0.29) is 22.9 Å². The van der Waals surface area contributed by atoms with Crippen LogP contribution >= 0.6 is 11.6 Å². The summed E-state index contributed by atoms with van der Waals surface area (Å²) in [6.45, 7) is 0.204. The number of anilines is 2. The molecule has 2 rings (SSSR count). The highest BCUT2D eigenvalue weighted by atomic mass is 35.5. The van der Waals surface area contributed by atoms with Crippen LogP contribution in [0.15, 0.2) is 12.1 Å². The Morgan fingerprint density at radius 3 is 2.81 bits per heavy atom. The van der Waals surface area contributed by atoms with Gasteiger partial charge in [-0.1, -0.05) is 11.6 Å². The van der Waals surface area contributed by atoms with Crippen LogP contribution in [0.1, 0.15) is 23.2 Å². The number of methoxy groups -OCH3 is 1. The Hall–Kier alpha value is -1.47. The van der Waals surface area contributed by atoms with E-state index in [1.165, 1.54) is 19.2 Å². The zero-order chi connectivity index (χ0) is 15.6. The molecule has 1 aliphatic rings. The number of nitrogen functional groups attached to an aromatic ring is 1. The molecule has 3 N–H and O–H groups in total. The van der Waals surface area contributed by atoms with E-state index < -0.39 is 21.1 Å². The lowest BCUT2D eigenvalue weighted by molar-refractivity contribution is 0.0602. The fraction of sp³-hybridized carbons (Fsp3) is 0.462. The van der Waals surface area contributed by atoms with Crippen LogP contribution < -0.4 is 11.1 Å². The Kier molecular flexibility index (Phi) is 4.63. The molecule has 1 aliphatic heterocycles. The van der Waals surface area contributed by atoms with Gasteiger partial charge < -0.3 is 15.8 Å². The summed E-state index contributed by atoms with van der Waals surface area (Å²) in [6.07, 6.45) is 1.27. The number of hydrogen-bond donors (Lipinski definition) is 2. The van der Waals surface area contributed by atoms with Crippen molar-refractivity contribution < 1.29 is 17.9 Å². The molecule has 0 radical (unpaired) electrons. The molecule has 1 aromatic rings. The molecule has 1 atom stereocenters. The van der Waals surface area contributed by atoms with Crippen LogP contribution in [0.5, 0.6) is 0 Å². The maximum atomic E-state index is 11.8. The van der Waals surface area contributed by atoms with Crippen LogP contribution in [0, 0.1) is 0 Å². The number of benzene rings is 1. The predicted octanol–water partition coefficient (Wildman–Crippen LogP) is 1.70. The molecular formula is C13H17ClN2O4S. The summed E-state index contributed by atoms with van der Waals surface area (Å²) in [5.41, 5.74) is 6.54. The largest absolute Gasteiger partial charge is 0.465 e. The normalized spacial score (nSPS) is 20.2. The van der Waals surface area contributed by atoms with E-state index in [2.05, 4.69) is 10.1 Å². The molecule has 1 heterocycles. The molecule has 0 aromatic heterocycles. The SMILES string of the molecule is COC(=O)c1cc(N)cc(Cl)c1NCC1CCCS1(=O)=O. The van der Waals surface area contributed by atoms with Gasteiger partial charge in [0.25, 0.3) is 0 Å². The molecule has 1 fully saturated rings. The van der Waals surface area contributed by atoms with Crippen molar-refractivity contribution in [1.82, 2.24) is 0 Å². The Labute approximate surface area is 128 Å². The molecule has 21 heavy (non-hydrogen) atoms. The molecule has 1 aromatic carbocycles.